The van der Waals surface area contributed by atoms with Gasteiger partial charge in [-0.2, -0.15) is 0 Å². The molecule has 0 aliphatic carbocycles. The smallest absolute Gasteiger partial charge is 0.227 e. The van der Waals surface area contributed by atoms with Gasteiger partial charge in [-0.3, -0.25) is 9.59 Å². The maximum absolute atomic E-state index is 12.4. The van der Waals surface area contributed by atoms with Crippen LogP contribution in [-0.2, 0) is 9.59 Å². The van der Waals surface area contributed by atoms with E-state index in [4.69, 9.17) is 0 Å². The molecule has 4 heteroatoms. The van der Waals surface area contributed by atoms with E-state index in [9.17, 15) is 9.59 Å². The molecule has 0 bridgehead atoms. The molecule has 1 unspecified atom stereocenters. The highest BCUT2D eigenvalue weighted by atomic mass is 16.2. The van der Waals surface area contributed by atoms with E-state index in [1.807, 2.05) is 4.90 Å². The second-order valence-corrected chi connectivity index (χ2v) is 6.55. The van der Waals surface area contributed by atoms with Crippen molar-refractivity contribution in [1.29, 1.82) is 0 Å². The van der Waals surface area contributed by atoms with Gasteiger partial charge in [0.15, 0.2) is 0 Å². The summed E-state index contributed by atoms with van der Waals surface area (Å²) in [6.07, 6.45) is 4.33. The normalized spacial score (nSPS) is 24.8. The van der Waals surface area contributed by atoms with Gasteiger partial charge in [-0.15, -0.1) is 0 Å². The van der Waals surface area contributed by atoms with E-state index in [-0.39, 0.29) is 23.1 Å². The number of carbonyl (C=O) groups excluding carboxylic acids is 2. The van der Waals surface area contributed by atoms with Crippen molar-refractivity contribution in [3.05, 3.63) is 11.6 Å². The monoisotopic (exact) mass is 264 g/mol. The number of nitrogens with zero attached hydrogens (tertiary/aromatic N) is 1. The molecule has 2 amide bonds. The first-order valence-electron chi connectivity index (χ1n) is 7.13. The van der Waals surface area contributed by atoms with Crippen LogP contribution >= 0.6 is 0 Å². The Bertz CT molecular complexity index is 397. The summed E-state index contributed by atoms with van der Waals surface area (Å²) in [5.74, 6) is 0.240. The lowest BCUT2D eigenvalue weighted by atomic mass is 9.82. The largest absolute Gasteiger partial charge is 0.355 e. The molecule has 1 atom stereocenters. The van der Waals surface area contributed by atoms with E-state index in [1.54, 1.807) is 0 Å². The summed E-state index contributed by atoms with van der Waals surface area (Å²) in [7, 11) is 0. The molecule has 2 aliphatic heterocycles. The number of nitrogens with one attached hydrogen (secondary N) is 1. The molecule has 2 rings (SSSR count). The topological polar surface area (TPSA) is 49.4 Å². The first-order chi connectivity index (χ1) is 8.88. The van der Waals surface area contributed by atoms with Crippen LogP contribution in [0.1, 0.15) is 40.0 Å². The second kappa shape index (κ2) is 5.35. The van der Waals surface area contributed by atoms with Crippen molar-refractivity contribution < 1.29 is 9.59 Å². The zero-order valence-corrected chi connectivity index (χ0v) is 12.2. The summed E-state index contributed by atoms with van der Waals surface area (Å²) < 4.78 is 0. The van der Waals surface area contributed by atoms with E-state index >= 15 is 0 Å². The van der Waals surface area contributed by atoms with Gasteiger partial charge in [0, 0.05) is 26.1 Å². The number of rotatable bonds is 1. The molecule has 1 fully saturated rings. The van der Waals surface area contributed by atoms with Crippen LogP contribution in [0.25, 0.3) is 0 Å². The van der Waals surface area contributed by atoms with E-state index in [0.29, 0.717) is 19.4 Å². The number of amides is 2. The molecule has 0 radical (unpaired) electrons. The number of hydrogen-bond acceptors (Lipinski definition) is 2. The van der Waals surface area contributed by atoms with E-state index in [2.05, 4.69) is 32.2 Å². The van der Waals surface area contributed by atoms with Gasteiger partial charge in [-0.05, 0) is 18.3 Å². The molecule has 106 valence electrons. The Kier molecular flexibility index (Phi) is 3.97. The van der Waals surface area contributed by atoms with Gasteiger partial charge in [0.25, 0.3) is 0 Å². The maximum atomic E-state index is 12.4. The predicted octanol–water partition coefficient (Wildman–Crippen LogP) is 1.72. The summed E-state index contributed by atoms with van der Waals surface area (Å²) in [6.45, 7) is 8.68. The van der Waals surface area contributed by atoms with Crippen molar-refractivity contribution >= 4 is 11.8 Å². The lowest BCUT2D eigenvalue weighted by Gasteiger charge is -2.34. The molecule has 4 nitrogen and oxygen atoms in total. The van der Waals surface area contributed by atoms with Crippen LogP contribution in [0.15, 0.2) is 11.6 Å². The Labute approximate surface area is 115 Å². The van der Waals surface area contributed by atoms with Crippen molar-refractivity contribution in [2.24, 2.45) is 11.3 Å². The first-order valence-corrected chi connectivity index (χ1v) is 7.13. The quantitative estimate of drug-likeness (QED) is 0.733. The van der Waals surface area contributed by atoms with E-state index in [0.717, 1.165) is 19.5 Å². The molecule has 0 saturated carbocycles. The fourth-order valence-corrected chi connectivity index (χ4v) is 2.75. The van der Waals surface area contributed by atoms with Crippen LogP contribution in [0.4, 0.5) is 0 Å². The number of piperidine rings is 1. The second-order valence-electron chi connectivity index (χ2n) is 6.55. The van der Waals surface area contributed by atoms with E-state index in [1.165, 1.54) is 5.57 Å². The maximum Gasteiger partial charge on any atom is 0.227 e. The van der Waals surface area contributed by atoms with Gasteiger partial charge in [0.05, 0.1) is 5.92 Å². The summed E-state index contributed by atoms with van der Waals surface area (Å²) in [6, 6.07) is 0. The molecule has 1 saturated heterocycles. The first kappa shape index (κ1) is 14.1. The van der Waals surface area contributed by atoms with Gasteiger partial charge < -0.3 is 10.2 Å². The Hall–Kier alpha value is -1.32. The lowest BCUT2D eigenvalue weighted by molar-refractivity contribution is -0.137. The number of carbonyl (C=O) groups is 2. The third-order valence-corrected chi connectivity index (χ3v) is 4.10. The Morgan fingerprint density at radius 3 is 2.58 bits per heavy atom. The van der Waals surface area contributed by atoms with E-state index < -0.39 is 0 Å². The van der Waals surface area contributed by atoms with Crippen LogP contribution in [0.2, 0.25) is 0 Å². The molecule has 19 heavy (non-hydrogen) atoms. The molecule has 0 spiro atoms. The lowest BCUT2D eigenvalue weighted by Crippen LogP contribution is -2.46. The van der Waals surface area contributed by atoms with Crippen LogP contribution in [0.5, 0.6) is 0 Å². The molecular weight excluding hydrogens is 240 g/mol. The van der Waals surface area contributed by atoms with Crippen LogP contribution in [-0.4, -0.2) is 36.3 Å². The van der Waals surface area contributed by atoms with Crippen molar-refractivity contribution in [1.82, 2.24) is 10.2 Å². The van der Waals surface area contributed by atoms with Crippen LogP contribution in [0.3, 0.4) is 0 Å². The molecule has 2 aliphatic rings. The highest BCUT2D eigenvalue weighted by Gasteiger charge is 2.30. The minimum atomic E-state index is -0.0257. The SMILES string of the molecule is CC(C)(C)C1=CCN(C(=O)C2CCC(=O)NC2)CC1. The van der Waals surface area contributed by atoms with Gasteiger partial charge in [-0.25, -0.2) is 0 Å². The predicted molar refractivity (Wildman–Crippen MR) is 74.5 cm³/mol. The van der Waals surface area contributed by atoms with Gasteiger partial charge >= 0.3 is 0 Å². The molecular formula is C15H24N2O2. The van der Waals surface area contributed by atoms with Gasteiger partial charge in [-0.1, -0.05) is 32.4 Å². The van der Waals surface area contributed by atoms with Crippen molar-refractivity contribution in [2.75, 3.05) is 19.6 Å². The van der Waals surface area contributed by atoms with Crippen LogP contribution in [0, 0.1) is 11.3 Å². The molecule has 0 aromatic carbocycles. The third-order valence-electron chi connectivity index (χ3n) is 4.10. The summed E-state index contributed by atoms with van der Waals surface area (Å²) in [5, 5.41) is 2.78. The van der Waals surface area contributed by atoms with Gasteiger partial charge in [0.2, 0.25) is 11.8 Å². The standard InChI is InChI=1S/C15H24N2O2/c1-15(2,3)12-6-8-17(9-7-12)14(19)11-4-5-13(18)16-10-11/h6,11H,4-5,7-10H2,1-3H3,(H,16,18). The summed E-state index contributed by atoms with van der Waals surface area (Å²) in [5.41, 5.74) is 1.64. The molecule has 1 N–H and O–H groups in total. The van der Waals surface area contributed by atoms with Crippen molar-refractivity contribution in [3.63, 3.8) is 0 Å². The third kappa shape index (κ3) is 3.37. The molecule has 0 aromatic heterocycles. The summed E-state index contributed by atoms with van der Waals surface area (Å²) >= 11 is 0. The fourth-order valence-electron chi connectivity index (χ4n) is 2.75. The fraction of sp³-hybridized carbons (Fsp3) is 0.733. The van der Waals surface area contributed by atoms with Crippen LogP contribution < -0.4 is 5.32 Å². The average molecular weight is 264 g/mol. The molecule has 2 heterocycles. The van der Waals surface area contributed by atoms with Gasteiger partial charge in [0.1, 0.15) is 0 Å². The Morgan fingerprint density at radius 2 is 2.11 bits per heavy atom. The molecule has 0 aromatic rings. The van der Waals surface area contributed by atoms with Crippen molar-refractivity contribution in [3.8, 4) is 0 Å². The minimum absolute atomic E-state index is 0.0257. The zero-order chi connectivity index (χ0) is 14.0. The Balaban J connectivity index is 1.92. The van der Waals surface area contributed by atoms with Crippen molar-refractivity contribution in [2.45, 2.75) is 40.0 Å². The highest BCUT2D eigenvalue weighted by Crippen LogP contribution is 2.30. The number of hydrogen-bond donors (Lipinski definition) is 1. The zero-order valence-electron chi connectivity index (χ0n) is 12.2. The summed E-state index contributed by atoms with van der Waals surface area (Å²) in [4.78, 5) is 25.4. The highest BCUT2D eigenvalue weighted by molar-refractivity contribution is 5.84. The Morgan fingerprint density at radius 1 is 1.37 bits per heavy atom. The average Bonchev–Trinajstić information content (AvgIpc) is 2.38. The minimum Gasteiger partial charge on any atom is -0.355 e.